The summed E-state index contributed by atoms with van der Waals surface area (Å²) >= 11 is 0. The van der Waals surface area contributed by atoms with Gasteiger partial charge in [-0.05, 0) is 31.5 Å². The van der Waals surface area contributed by atoms with E-state index in [1.807, 2.05) is 61.5 Å². The Morgan fingerprint density at radius 1 is 1.14 bits per heavy atom. The minimum atomic E-state index is -0.340. The van der Waals surface area contributed by atoms with E-state index in [-0.39, 0.29) is 23.8 Å². The number of rotatable bonds is 8. The van der Waals surface area contributed by atoms with Crippen LogP contribution in [0.3, 0.4) is 0 Å². The number of nitrogens with zero attached hydrogens (tertiary/aromatic N) is 1. The predicted octanol–water partition coefficient (Wildman–Crippen LogP) is 3.19. The van der Waals surface area contributed by atoms with E-state index in [1.165, 1.54) is 0 Å². The number of nitrogens with one attached hydrogen (secondary N) is 1. The van der Waals surface area contributed by atoms with Crippen molar-refractivity contribution >= 4 is 11.8 Å². The minimum Gasteiger partial charge on any atom is -0.496 e. The quantitative estimate of drug-likeness (QED) is 0.696. The Labute approximate surface area is 171 Å². The molecular weight excluding hydrogens is 368 g/mol. The standard InChI is InChI=1S/C23H28N2O4/c1-3-25-21(26)14-13-19(22(25)18-11-7-8-12-20(18)28-2)23(27)24-15-16-29-17-9-5-4-6-10-17/h4-12,19,22H,3,13-16H2,1-2H3,(H,24,27)/t19-,22+/m1/s1. The van der Waals surface area contributed by atoms with E-state index < -0.39 is 0 Å². The molecule has 1 saturated heterocycles. The van der Waals surface area contributed by atoms with Gasteiger partial charge in [0.2, 0.25) is 11.8 Å². The molecule has 2 amide bonds. The first kappa shape index (κ1) is 20.7. The predicted molar refractivity (Wildman–Crippen MR) is 111 cm³/mol. The van der Waals surface area contributed by atoms with Gasteiger partial charge in [-0.2, -0.15) is 0 Å². The second-order valence-corrected chi connectivity index (χ2v) is 6.96. The van der Waals surface area contributed by atoms with Crippen molar-refractivity contribution in [3.8, 4) is 11.5 Å². The number of methoxy groups -OCH3 is 1. The molecule has 1 N–H and O–H groups in total. The highest BCUT2D eigenvalue weighted by atomic mass is 16.5. The summed E-state index contributed by atoms with van der Waals surface area (Å²) in [5.74, 6) is 1.13. The fraction of sp³-hybridized carbons (Fsp3) is 0.391. The molecule has 2 atom stereocenters. The smallest absolute Gasteiger partial charge is 0.225 e. The zero-order chi connectivity index (χ0) is 20.6. The van der Waals surface area contributed by atoms with E-state index in [1.54, 1.807) is 12.0 Å². The number of piperidine rings is 1. The third kappa shape index (κ3) is 4.88. The van der Waals surface area contributed by atoms with Crippen molar-refractivity contribution in [2.45, 2.75) is 25.8 Å². The zero-order valence-electron chi connectivity index (χ0n) is 17.0. The van der Waals surface area contributed by atoms with Crippen LogP contribution in [0.25, 0.3) is 0 Å². The molecule has 1 fully saturated rings. The zero-order valence-corrected chi connectivity index (χ0v) is 17.0. The molecule has 2 aromatic rings. The van der Waals surface area contributed by atoms with E-state index in [0.29, 0.717) is 38.3 Å². The van der Waals surface area contributed by atoms with Crippen molar-refractivity contribution in [3.05, 3.63) is 60.2 Å². The second-order valence-electron chi connectivity index (χ2n) is 6.96. The molecule has 0 bridgehead atoms. The van der Waals surface area contributed by atoms with Crippen LogP contribution < -0.4 is 14.8 Å². The second kappa shape index (κ2) is 9.96. The first-order valence-corrected chi connectivity index (χ1v) is 10.0. The third-order valence-electron chi connectivity index (χ3n) is 5.25. The van der Waals surface area contributed by atoms with Crippen molar-refractivity contribution in [1.82, 2.24) is 10.2 Å². The number of benzene rings is 2. The van der Waals surface area contributed by atoms with Gasteiger partial charge in [0.05, 0.1) is 25.6 Å². The molecular formula is C23H28N2O4. The lowest BCUT2D eigenvalue weighted by Gasteiger charge is -2.40. The molecule has 29 heavy (non-hydrogen) atoms. The van der Waals surface area contributed by atoms with Crippen LogP contribution in [-0.2, 0) is 9.59 Å². The summed E-state index contributed by atoms with van der Waals surface area (Å²) in [5.41, 5.74) is 0.866. The van der Waals surface area contributed by atoms with Gasteiger partial charge in [-0.3, -0.25) is 9.59 Å². The molecule has 0 saturated carbocycles. The average Bonchev–Trinajstić information content (AvgIpc) is 2.77. The van der Waals surface area contributed by atoms with Gasteiger partial charge in [0, 0.05) is 18.5 Å². The van der Waals surface area contributed by atoms with Crippen LogP contribution in [0.1, 0.15) is 31.4 Å². The molecule has 0 unspecified atom stereocenters. The SMILES string of the molecule is CCN1C(=O)CC[C@@H](C(=O)NCCOc2ccccc2)[C@@H]1c1ccccc1OC. The van der Waals surface area contributed by atoms with Crippen LogP contribution in [0.2, 0.25) is 0 Å². The van der Waals surface area contributed by atoms with Gasteiger partial charge in [-0.1, -0.05) is 36.4 Å². The summed E-state index contributed by atoms with van der Waals surface area (Å²) in [7, 11) is 1.61. The van der Waals surface area contributed by atoms with Crippen LogP contribution >= 0.6 is 0 Å². The van der Waals surface area contributed by atoms with Crippen molar-refractivity contribution in [2.75, 3.05) is 26.8 Å². The number of hydrogen-bond acceptors (Lipinski definition) is 4. The molecule has 1 aliphatic rings. The van der Waals surface area contributed by atoms with Crippen molar-refractivity contribution in [3.63, 3.8) is 0 Å². The summed E-state index contributed by atoms with van der Waals surface area (Å²) in [6.45, 7) is 3.28. The van der Waals surface area contributed by atoms with Gasteiger partial charge in [0.25, 0.3) is 0 Å². The first-order valence-electron chi connectivity index (χ1n) is 10.0. The van der Waals surface area contributed by atoms with Crippen LogP contribution in [0.15, 0.2) is 54.6 Å². The van der Waals surface area contributed by atoms with E-state index in [2.05, 4.69) is 5.32 Å². The van der Waals surface area contributed by atoms with Gasteiger partial charge < -0.3 is 19.7 Å². The lowest BCUT2D eigenvalue weighted by atomic mass is 9.83. The highest BCUT2D eigenvalue weighted by molar-refractivity contribution is 5.85. The molecule has 0 radical (unpaired) electrons. The van der Waals surface area contributed by atoms with Crippen molar-refractivity contribution < 1.29 is 19.1 Å². The van der Waals surface area contributed by atoms with E-state index in [0.717, 1.165) is 11.3 Å². The summed E-state index contributed by atoms with van der Waals surface area (Å²) < 4.78 is 11.2. The lowest BCUT2D eigenvalue weighted by Crippen LogP contribution is -2.48. The summed E-state index contributed by atoms with van der Waals surface area (Å²) in [6, 6.07) is 16.8. The average molecular weight is 396 g/mol. The Kier molecular flexibility index (Phi) is 7.11. The van der Waals surface area contributed by atoms with Gasteiger partial charge in [-0.15, -0.1) is 0 Å². The Balaban J connectivity index is 1.71. The summed E-state index contributed by atoms with van der Waals surface area (Å²) in [4.78, 5) is 27.3. The number of carbonyl (C=O) groups is 2. The molecule has 3 rings (SSSR count). The number of ether oxygens (including phenoxy) is 2. The molecule has 1 aliphatic heterocycles. The highest BCUT2D eigenvalue weighted by Gasteiger charge is 2.41. The van der Waals surface area contributed by atoms with Crippen LogP contribution in [0.5, 0.6) is 11.5 Å². The van der Waals surface area contributed by atoms with Crippen LogP contribution in [0.4, 0.5) is 0 Å². The van der Waals surface area contributed by atoms with Crippen molar-refractivity contribution in [2.24, 2.45) is 5.92 Å². The lowest BCUT2D eigenvalue weighted by molar-refractivity contribution is -0.143. The topological polar surface area (TPSA) is 67.9 Å². The van der Waals surface area contributed by atoms with Crippen LogP contribution in [-0.4, -0.2) is 43.5 Å². The summed E-state index contributed by atoms with van der Waals surface area (Å²) in [6.07, 6.45) is 0.890. The van der Waals surface area contributed by atoms with Gasteiger partial charge in [0.1, 0.15) is 18.1 Å². The van der Waals surface area contributed by atoms with E-state index >= 15 is 0 Å². The Morgan fingerprint density at radius 3 is 2.59 bits per heavy atom. The van der Waals surface area contributed by atoms with Crippen LogP contribution in [0, 0.1) is 5.92 Å². The number of amides is 2. The molecule has 2 aromatic carbocycles. The number of likely N-dealkylation sites (tertiary alicyclic amines) is 1. The van der Waals surface area contributed by atoms with Gasteiger partial charge in [0.15, 0.2) is 0 Å². The molecule has 1 heterocycles. The molecule has 6 nitrogen and oxygen atoms in total. The Hall–Kier alpha value is -3.02. The fourth-order valence-corrected chi connectivity index (χ4v) is 3.89. The molecule has 0 spiro atoms. The Morgan fingerprint density at radius 2 is 1.86 bits per heavy atom. The van der Waals surface area contributed by atoms with Gasteiger partial charge in [-0.25, -0.2) is 0 Å². The maximum Gasteiger partial charge on any atom is 0.225 e. The third-order valence-corrected chi connectivity index (χ3v) is 5.25. The maximum atomic E-state index is 13.0. The monoisotopic (exact) mass is 396 g/mol. The normalized spacial score (nSPS) is 19.0. The highest BCUT2D eigenvalue weighted by Crippen LogP contribution is 2.40. The number of para-hydroxylation sites is 2. The first-order chi connectivity index (χ1) is 14.2. The van der Waals surface area contributed by atoms with Crippen molar-refractivity contribution in [1.29, 1.82) is 0 Å². The molecule has 0 aromatic heterocycles. The minimum absolute atomic E-state index is 0.0662. The largest absolute Gasteiger partial charge is 0.496 e. The van der Waals surface area contributed by atoms with E-state index in [9.17, 15) is 9.59 Å². The van der Waals surface area contributed by atoms with Gasteiger partial charge >= 0.3 is 0 Å². The number of hydrogen-bond donors (Lipinski definition) is 1. The molecule has 6 heteroatoms. The molecule has 0 aliphatic carbocycles. The summed E-state index contributed by atoms with van der Waals surface area (Å²) in [5, 5.41) is 2.98. The Bertz CT molecular complexity index is 825. The molecule has 154 valence electrons. The maximum absolute atomic E-state index is 13.0. The van der Waals surface area contributed by atoms with E-state index in [4.69, 9.17) is 9.47 Å². The fourth-order valence-electron chi connectivity index (χ4n) is 3.89. The number of carbonyl (C=O) groups excluding carboxylic acids is 2.